The normalized spacial score (nSPS) is 15.0. The molecule has 3 aromatic rings. The Kier molecular flexibility index (Phi) is 15.6. The highest BCUT2D eigenvalue weighted by atomic mass is 35.5. The summed E-state index contributed by atoms with van der Waals surface area (Å²) < 4.78 is 34.7. The van der Waals surface area contributed by atoms with E-state index in [9.17, 15) is 8.42 Å². The van der Waals surface area contributed by atoms with Gasteiger partial charge in [-0.2, -0.15) is 0 Å². The van der Waals surface area contributed by atoms with Gasteiger partial charge in [0, 0.05) is 12.5 Å². The molecule has 2 atom stereocenters. The Morgan fingerprint density at radius 2 is 1.29 bits per heavy atom. The fourth-order valence-electron chi connectivity index (χ4n) is 6.38. The quantitative estimate of drug-likeness (QED) is 0.0752. The van der Waals surface area contributed by atoms with Gasteiger partial charge in [-0.25, -0.2) is 8.42 Å². The zero-order valence-electron chi connectivity index (χ0n) is 30.2. The molecule has 0 spiro atoms. The van der Waals surface area contributed by atoms with Crippen LogP contribution in [0.15, 0.2) is 131 Å². The molecule has 6 heteroatoms. The van der Waals surface area contributed by atoms with Crippen LogP contribution in [0.25, 0.3) is 0 Å². The minimum absolute atomic E-state index is 0.0396. The molecule has 1 unspecified atom stereocenters. The van der Waals surface area contributed by atoms with E-state index < -0.39 is 23.4 Å². The summed E-state index contributed by atoms with van der Waals surface area (Å²) in [6, 6.07) is 30.5. The van der Waals surface area contributed by atoms with Gasteiger partial charge < -0.3 is 4.43 Å². The van der Waals surface area contributed by atoms with Gasteiger partial charge >= 0.3 is 0 Å². The van der Waals surface area contributed by atoms with Gasteiger partial charge in [-0.1, -0.05) is 142 Å². The minimum atomic E-state index is -3.53. The molecule has 3 aromatic carbocycles. The molecule has 260 valence electrons. The number of sulfone groups is 1. The first-order valence-corrected chi connectivity index (χ1v) is 21.4. The number of hydrogen-bond acceptors (Lipinski definition) is 3. The summed E-state index contributed by atoms with van der Waals surface area (Å²) in [6.07, 6.45) is 11.4. The van der Waals surface area contributed by atoms with E-state index in [0.717, 1.165) is 48.8 Å². The highest BCUT2D eigenvalue weighted by Crippen LogP contribution is 2.37. The fourth-order valence-corrected chi connectivity index (χ4v) is 12.8. The Morgan fingerprint density at radius 1 is 0.771 bits per heavy atom. The van der Waals surface area contributed by atoms with E-state index in [-0.39, 0.29) is 5.04 Å². The maximum absolute atomic E-state index is 13.8. The van der Waals surface area contributed by atoms with E-state index in [4.69, 9.17) is 16.0 Å². The van der Waals surface area contributed by atoms with Crippen LogP contribution in [0, 0.1) is 5.92 Å². The number of rotatable bonds is 18. The third-order valence-electron chi connectivity index (χ3n) is 9.20. The van der Waals surface area contributed by atoms with Crippen LogP contribution >= 0.6 is 11.6 Å². The predicted molar refractivity (Wildman–Crippen MR) is 210 cm³/mol. The number of alkyl halides is 1. The Bertz CT molecular complexity index is 1550. The summed E-state index contributed by atoms with van der Waals surface area (Å²) >= 11 is 5.93. The van der Waals surface area contributed by atoms with Crippen LogP contribution in [0.2, 0.25) is 5.04 Å². The van der Waals surface area contributed by atoms with Crippen LogP contribution in [0.3, 0.4) is 0 Å². The van der Waals surface area contributed by atoms with Crippen LogP contribution in [0.4, 0.5) is 0 Å². The summed E-state index contributed by atoms with van der Waals surface area (Å²) in [4.78, 5) is 0.374. The van der Waals surface area contributed by atoms with E-state index in [1.54, 1.807) is 24.3 Å². The molecule has 0 N–H and O–H groups in total. The Morgan fingerprint density at radius 3 is 1.81 bits per heavy atom. The van der Waals surface area contributed by atoms with E-state index in [1.165, 1.54) is 10.4 Å². The summed E-state index contributed by atoms with van der Waals surface area (Å²) in [5.74, 6) is 0.993. The molecule has 0 amide bonds. The number of hydrogen-bond donors (Lipinski definition) is 0. The molecule has 0 aliphatic heterocycles. The van der Waals surface area contributed by atoms with Crippen molar-refractivity contribution in [3.63, 3.8) is 0 Å². The first kappa shape index (κ1) is 39.7. The molecule has 3 nitrogen and oxygen atoms in total. The molecule has 0 heterocycles. The second kappa shape index (κ2) is 18.9. The van der Waals surface area contributed by atoms with Gasteiger partial charge in [-0.3, -0.25) is 0 Å². The van der Waals surface area contributed by atoms with Gasteiger partial charge in [0.2, 0.25) is 0 Å². The van der Waals surface area contributed by atoms with Crippen molar-refractivity contribution in [1.82, 2.24) is 0 Å². The van der Waals surface area contributed by atoms with E-state index in [1.807, 2.05) is 26.0 Å². The van der Waals surface area contributed by atoms with Crippen molar-refractivity contribution in [2.45, 2.75) is 102 Å². The van der Waals surface area contributed by atoms with Crippen molar-refractivity contribution in [2.75, 3.05) is 12.5 Å². The lowest BCUT2D eigenvalue weighted by Gasteiger charge is -2.43. The van der Waals surface area contributed by atoms with Crippen LogP contribution in [0.1, 0.15) is 87.0 Å². The molecule has 3 rings (SSSR count). The van der Waals surface area contributed by atoms with Crippen LogP contribution in [0.5, 0.6) is 0 Å². The Balaban J connectivity index is 1.68. The summed E-state index contributed by atoms with van der Waals surface area (Å²) in [5, 5.41) is 1.97. The van der Waals surface area contributed by atoms with Gasteiger partial charge in [0.05, 0.1) is 10.1 Å². The minimum Gasteiger partial charge on any atom is -0.407 e. The highest BCUT2D eigenvalue weighted by Gasteiger charge is 2.50. The summed E-state index contributed by atoms with van der Waals surface area (Å²) in [5.41, 5.74) is 3.33. The van der Waals surface area contributed by atoms with Crippen LogP contribution < -0.4 is 10.4 Å². The van der Waals surface area contributed by atoms with Crippen molar-refractivity contribution in [2.24, 2.45) is 5.92 Å². The second-order valence-corrected chi connectivity index (χ2v) is 21.1. The lowest BCUT2D eigenvalue weighted by atomic mass is 10.00. The Labute approximate surface area is 298 Å². The smallest absolute Gasteiger partial charge is 0.261 e. The largest absolute Gasteiger partial charge is 0.407 e. The molecule has 0 aromatic heterocycles. The zero-order valence-corrected chi connectivity index (χ0v) is 32.8. The molecule has 0 fully saturated rings. The van der Waals surface area contributed by atoms with E-state index in [2.05, 4.69) is 107 Å². The van der Waals surface area contributed by atoms with Crippen LogP contribution in [-0.2, 0) is 14.3 Å². The molecule has 0 aliphatic carbocycles. The number of allylic oxidation sites excluding steroid dienone is 5. The summed E-state index contributed by atoms with van der Waals surface area (Å²) in [7, 11) is -6.07. The van der Waals surface area contributed by atoms with Crippen molar-refractivity contribution < 1.29 is 12.8 Å². The average Bonchev–Trinajstić information content (AvgIpc) is 3.07. The number of halogens is 1. The predicted octanol–water partition coefficient (Wildman–Crippen LogP) is 10.5. The second-order valence-electron chi connectivity index (χ2n) is 14.4. The maximum Gasteiger partial charge on any atom is 0.261 e. The van der Waals surface area contributed by atoms with Crippen molar-refractivity contribution in [3.8, 4) is 0 Å². The monoisotopic (exact) mass is 704 g/mol. The third kappa shape index (κ3) is 11.2. The molecule has 0 bridgehead atoms. The summed E-state index contributed by atoms with van der Waals surface area (Å²) in [6.45, 7) is 16.1. The fraction of sp³-hybridized carbons (Fsp3) is 0.429. The zero-order chi connectivity index (χ0) is 35.2. The molecule has 0 radical (unpaired) electrons. The topological polar surface area (TPSA) is 43.4 Å². The number of benzene rings is 3. The van der Waals surface area contributed by atoms with E-state index >= 15 is 0 Å². The van der Waals surface area contributed by atoms with Gasteiger partial charge in [0.1, 0.15) is 0 Å². The van der Waals surface area contributed by atoms with E-state index in [0.29, 0.717) is 29.7 Å². The molecular weight excluding hydrogens is 648 g/mol. The molecular formula is C42H57ClO3SSi. The Hall–Kier alpha value is -2.70. The van der Waals surface area contributed by atoms with Gasteiger partial charge in [-0.15, -0.1) is 11.6 Å². The van der Waals surface area contributed by atoms with Crippen molar-refractivity contribution in [1.29, 1.82) is 0 Å². The molecule has 0 saturated carbocycles. The molecule has 0 saturated heterocycles. The lowest BCUT2D eigenvalue weighted by Crippen LogP contribution is -2.66. The maximum atomic E-state index is 13.8. The first-order chi connectivity index (χ1) is 22.8. The lowest BCUT2D eigenvalue weighted by molar-refractivity contribution is 0.264. The van der Waals surface area contributed by atoms with Crippen molar-refractivity contribution >= 4 is 40.1 Å². The van der Waals surface area contributed by atoms with Gasteiger partial charge in [0.25, 0.3) is 8.32 Å². The molecule has 0 aliphatic rings. The standard InChI is InChI=1S/C42H57ClO3SSi/c1-34(29-30-46-48(42(5,6)7,40-25-13-9-14-26-40)41-27-15-10-16-28-41)19-17-20-35(2)31-39(32-36(3)21-18-22-37(4)33-43)47(44,45)38-23-11-8-12-24-38/h8-16,20,22-28,32,34,39H,17-19,21,29-31,33H2,1-7H3/b35-20-,36-32-,37-22-/t34-,39?/m0/s1. The first-order valence-electron chi connectivity index (χ1n) is 17.4. The molecule has 48 heavy (non-hydrogen) atoms. The average molecular weight is 706 g/mol. The van der Waals surface area contributed by atoms with Crippen LogP contribution in [-0.4, -0.2) is 34.5 Å². The highest BCUT2D eigenvalue weighted by molar-refractivity contribution is 7.92. The van der Waals surface area contributed by atoms with Crippen molar-refractivity contribution in [3.05, 3.63) is 126 Å². The van der Waals surface area contributed by atoms with Gasteiger partial charge in [-0.05, 0) is 92.8 Å². The third-order valence-corrected chi connectivity index (χ3v) is 16.7. The van der Waals surface area contributed by atoms with Gasteiger partial charge in [0.15, 0.2) is 9.84 Å². The SMILES string of the molecule is C/C(=C/CC/C(C)=C\C(C/C(C)=C\CC[C@H](C)CCO[Si](c1ccccc1)(c1ccccc1)C(C)(C)C)S(=O)(=O)c1ccccc1)CCl.